The highest BCUT2D eigenvalue weighted by molar-refractivity contribution is 5.87. The van der Waals surface area contributed by atoms with E-state index >= 15 is 0 Å². The Morgan fingerprint density at radius 1 is 1.08 bits per heavy atom. The van der Waals surface area contributed by atoms with Crippen LogP contribution >= 0.6 is 0 Å². The van der Waals surface area contributed by atoms with Gasteiger partial charge in [-0.2, -0.15) is 0 Å². The zero-order chi connectivity index (χ0) is 18.0. The number of nitrogens with two attached hydrogens (primary N) is 1. The third-order valence-corrected chi connectivity index (χ3v) is 4.39. The van der Waals surface area contributed by atoms with E-state index in [2.05, 4.69) is 37.9 Å². The van der Waals surface area contributed by atoms with E-state index in [1.165, 1.54) is 25.7 Å². The molecule has 0 aromatic carbocycles. The summed E-state index contributed by atoms with van der Waals surface area (Å²) in [5, 5.41) is 3.01. The van der Waals surface area contributed by atoms with Gasteiger partial charge < -0.3 is 15.8 Å². The summed E-state index contributed by atoms with van der Waals surface area (Å²) in [7, 11) is 0. The van der Waals surface area contributed by atoms with Crippen LogP contribution in [0, 0.1) is 5.92 Å². The Morgan fingerprint density at radius 3 is 2.25 bits per heavy atom. The number of carbonyl (C=O) groups is 1. The van der Waals surface area contributed by atoms with E-state index in [0.717, 1.165) is 32.5 Å². The van der Waals surface area contributed by atoms with Gasteiger partial charge in [-0.25, -0.2) is 0 Å². The van der Waals surface area contributed by atoms with Gasteiger partial charge in [0.15, 0.2) is 0 Å². The molecule has 0 unspecified atom stereocenters. The van der Waals surface area contributed by atoms with Crippen molar-refractivity contribution in [2.75, 3.05) is 32.8 Å². The van der Waals surface area contributed by atoms with Gasteiger partial charge in [-0.1, -0.05) is 39.5 Å². The van der Waals surface area contributed by atoms with Gasteiger partial charge in [-0.15, -0.1) is 0 Å². The second-order valence-corrected chi connectivity index (χ2v) is 8.02. The Hall–Kier alpha value is -0.650. The normalized spacial score (nSPS) is 17.3. The quantitative estimate of drug-likeness (QED) is 0.505. The van der Waals surface area contributed by atoms with Crippen LogP contribution in [0.15, 0.2) is 0 Å². The lowest BCUT2D eigenvalue weighted by Gasteiger charge is -2.46. The van der Waals surface area contributed by atoms with Gasteiger partial charge in [0.2, 0.25) is 5.91 Å². The van der Waals surface area contributed by atoms with Crippen LogP contribution in [0.1, 0.15) is 66.2 Å². The van der Waals surface area contributed by atoms with Gasteiger partial charge in [-0.05, 0) is 32.6 Å². The maximum absolute atomic E-state index is 12.2. The van der Waals surface area contributed by atoms with Gasteiger partial charge in [0.1, 0.15) is 5.54 Å². The van der Waals surface area contributed by atoms with Crippen molar-refractivity contribution in [3.05, 3.63) is 0 Å². The molecule has 0 radical (unpaired) electrons. The summed E-state index contributed by atoms with van der Waals surface area (Å²) in [6.07, 6.45) is 7.41. The maximum atomic E-state index is 12.2. The van der Waals surface area contributed by atoms with Crippen LogP contribution in [0.5, 0.6) is 0 Å². The molecule has 1 amide bonds. The molecule has 0 saturated carbocycles. The Kier molecular flexibility index (Phi) is 9.86. The monoisotopic (exact) mass is 341 g/mol. The Balaban J connectivity index is 1.93. The number of carbonyl (C=O) groups excluding carboxylic acids is 1. The zero-order valence-electron chi connectivity index (χ0n) is 16.3. The fraction of sp³-hybridized carbons (Fsp3) is 0.947. The summed E-state index contributed by atoms with van der Waals surface area (Å²) >= 11 is 0. The molecule has 5 nitrogen and oxygen atoms in total. The number of rotatable bonds is 13. The molecule has 1 heterocycles. The van der Waals surface area contributed by atoms with E-state index in [1.807, 2.05) is 0 Å². The van der Waals surface area contributed by atoms with Crippen molar-refractivity contribution in [1.82, 2.24) is 10.2 Å². The van der Waals surface area contributed by atoms with Crippen molar-refractivity contribution in [3.8, 4) is 0 Å². The lowest BCUT2D eigenvalue weighted by Crippen LogP contribution is -2.74. The minimum atomic E-state index is -0.661. The average molecular weight is 342 g/mol. The minimum Gasteiger partial charge on any atom is -0.379 e. The number of likely N-dealkylation sites (tertiary alicyclic amines) is 1. The van der Waals surface area contributed by atoms with Crippen LogP contribution in [0.2, 0.25) is 0 Å². The summed E-state index contributed by atoms with van der Waals surface area (Å²) in [5.41, 5.74) is 5.52. The van der Waals surface area contributed by atoms with E-state index in [-0.39, 0.29) is 5.91 Å². The van der Waals surface area contributed by atoms with Crippen LogP contribution in [0.4, 0.5) is 0 Å². The highest BCUT2D eigenvalue weighted by atomic mass is 16.5. The smallest absolute Gasteiger partial charge is 0.242 e. The number of hydrogen-bond acceptors (Lipinski definition) is 4. The molecule has 0 aromatic rings. The van der Waals surface area contributed by atoms with Crippen molar-refractivity contribution in [3.63, 3.8) is 0 Å². The van der Waals surface area contributed by atoms with Gasteiger partial charge in [0.05, 0.1) is 6.10 Å². The molecule has 0 aliphatic carbocycles. The van der Waals surface area contributed by atoms with Crippen LogP contribution in [-0.2, 0) is 9.53 Å². The van der Waals surface area contributed by atoms with Crippen LogP contribution in [-0.4, -0.2) is 55.2 Å². The van der Waals surface area contributed by atoms with Gasteiger partial charge in [-0.3, -0.25) is 9.69 Å². The fourth-order valence-electron chi connectivity index (χ4n) is 3.17. The number of nitrogens with one attached hydrogen (secondary N) is 1. The molecule has 5 heteroatoms. The van der Waals surface area contributed by atoms with E-state index in [0.29, 0.717) is 25.1 Å². The maximum Gasteiger partial charge on any atom is 0.242 e. The number of ether oxygens (including phenoxy) is 1. The molecular weight excluding hydrogens is 302 g/mol. The highest BCUT2D eigenvalue weighted by Crippen LogP contribution is 2.19. The Labute approximate surface area is 148 Å². The molecule has 1 aliphatic rings. The number of nitrogens with zero attached hydrogens (tertiary/aromatic N) is 1. The lowest BCUT2D eigenvalue weighted by atomic mass is 9.89. The predicted octanol–water partition coefficient (Wildman–Crippen LogP) is 2.54. The van der Waals surface area contributed by atoms with Crippen molar-refractivity contribution in [1.29, 1.82) is 0 Å². The lowest BCUT2D eigenvalue weighted by molar-refractivity contribution is -0.132. The third-order valence-electron chi connectivity index (χ3n) is 4.39. The first-order valence-corrected chi connectivity index (χ1v) is 9.74. The molecule has 0 aromatic heterocycles. The van der Waals surface area contributed by atoms with Crippen molar-refractivity contribution in [2.45, 2.75) is 77.9 Å². The third kappa shape index (κ3) is 8.45. The Morgan fingerprint density at radius 2 is 1.67 bits per heavy atom. The summed E-state index contributed by atoms with van der Waals surface area (Å²) in [6.45, 7) is 12.6. The minimum absolute atomic E-state index is 0.0216. The molecule has 3 N–H and O–H groups in total. The molecule has 1 aliphatic heterocycles. The van der Waals surface area contributed by atoms with Crippen LogP contribution in [0.3, 0.4) is 0 Å². The second kappa shape index (κ2) is 11.1. The topological polar surface area (TPSA) is 67.6 Å². The van der Waals surface area contributed by atoms with Gasteiger partial charge >= 0.3 is 0 Å². The molecule has 142 valence electrons. The molecule has 0 atom stereocenters. The van der Waals surface area contributed by atoms with E-state index in [4.69, 9.17) is 10.5 Å². The SMILES string of the molecule is CC(C)CN1CC(N)(C(=O)NCCCCCCCCOC(C)C)C1. The molecule has 1 saturated heterocycles. The summed E-state index contributed by atoms with van der Waals surface area (Å²) < 4.78 is 5.53. The molecule has 1 fully saturated rings. The number of amides is 1. The van der Waals surface area contributed by atoms with Crippen molar-refractivity contribution >= 4 is 5.91 Å². The highest BCUT2D eigenvalue weighted by Gasteiger charge is 2.45. The van der Waals surface area contributed by atoms with E-state index in [9.17, 15) is 4.79 Å². The molecular formula is C19H39N3O2. The van der Waals surface area contributed by atoms with E-state index in [1.54, 1.807) is 0 Å². The molecule has 0 bridgehead atoms. The number of hydrogen-bond donors (Lipinski definition) is 2. The standard InChI is InChI=1S/C19H39N3O2/c1-16(2)13-22-14-19(20,15-22)18(23)21-11-9-7-5-6-8-10-12-24-17(3)4/h16-17H,5-15,20H2,1-4H3,(H,21,23). The second-order valence-electron chi connectivity index (χ2n) is 8.02. The molecule has 1 rings (SSSR count). The predicted molar refractivity (Wildman–Crippen MR) is 100.0 cm³/mol. The molecule has 24 heavy (non-hydrogen) atoms. The summed E-state index contributed by atoms with van der Waals surface area (Å²) in [6, 6.07) is 0. The van der Waals surface area contributed by atoms with Crippen molar-refractivity contribution in [2.24, 2.45) is 11.7 Å². The largest absolute Gasteiger partial charge is 0.379 e. The first kappa shape index (κ1) is 21.4. The summed E-state index contributed by atoms with van der Waals surface area (Å²) in [5.74, 6) is 0.642. The van der Waals surface area contributed by atoms with Gasteiger partial charge in [0.25, 0.3) is 0 Å². The van der Waals surface area contributed by atoms with Gasteiger partial charge in [0, 0.05) is 32.8 Å². The Bertz CT molecular complexity index is 353. The van der Waals surface area contributed by atoms with E-state index < -0.39 is 5.54 Å². The fourth-order valence-corrected chi connectivity index (χ4v) is 3.17. The number of unbranched alkanes of at least 4 members (excludes halogenated alkanes) is 5. The average Bonchev–Trinajstić information content (AvgIpc) is 2.46. The first-order chi connectivity index (χ1) is 11.3. The summed E-state index contributed by atoms with van der Waals surface area (Å²) in [4.78, 5) is 14.4. The molecule has 0 spiro atoms. The zero-order valence-corrected chi connectivity index (χ0v) is 16.3. The van der Waals surface area contributed by atoms with Crippen LogP contribution in [0.25, 0.3) is 0 Å². The first-order valence-electron chi connectivity index (χ1n) is 9.74. The van der Waals surface area contributed by atoms with Crippen LogP contribution < -0.4 is 11.1 Å². The van der Waals surface area contributed by atoms with Crippen molar-refractivity contribution < 1.29 is 9.53 Å².